The van der Waals surface area contributed by atoms with Gasteiger partial charge in [-0.25, -0.2) is 9.97 Å². The summed E-state index contributed by atoms with van der Waals surface area (Å²) in [5.74, 6) is -0.137. The molecule has 1 aromatic heterocycles. The molecule has 1 aromatic rings. The SMILES string of the molecule is O=C(Cl)c1ncnc(Cl)n1. The number of rotatable bonds is 1. The topological polar surface area (TPSA) is 55.7 Å². The van der Waals surface area contributed by atoms with Gasteiger partial charge >= 0.3 is 0 Å². The van der Waals surface area contributed by atoms with Crippen LogP contribution in [0.25, 0.3) is 0 Å². The molecule has 0 amide bonds. The van der Waals surface area contributed by atoms with Gasteiger partial charge in [-0.2, -0.15) is 4.98 Å². The number of halogens is 2. The van der Waals surface area contributed by atoms with Crippen molar-refractivity contribution in [2.45, 2.75) is 0 Å². The third kappa shape index (κ3) is 1.62. The Bertz CT molecular complexity index is 264. The van der Waals surface area contributed by atoms with E-state index < -0.39 is 5.24 Å². The summed E-state index contributed by atoms with van der Waals surface area (Å²) in [6.07, 6.45) is 1.12. The highest BCUT2D eigenvalue weighted by molar-refractivity contribution is 6.67. The van der Waals surface area contributed by atoms with Crippen molar-refractivity contribution in [1.82, 2.24) is 15.0 Å². The second-order valence-corrected chi connectivity index (χ2v) is 2.03. The number of carbonyl (C=O) groups is 1. The van der Waals surface area contributed by atoms with Crippen molar-refractivity contribution in [3.63, 3.8) is 0 Å². The third-order valence-electron chi connectivity index (χ3n) is 0.718. The van der Waals surface area contributed by atoms with Gasteiger partial charge in [0.15, 0.2) is 0 Å². The molecule has 52 valence electrons. The maximum Gasteiger partial charge on any atom is 0.290 e. The highest BCUT2D eigenvalue weighted by Gasteiger charge is 2.04. The summed E-state index contributed by atoms with van der Waals surface area (Å²) < 4.78 is 0. The largest absolute Gasteiger partial charge is 0.290 e. The maximum atomic E-state index is 10.4. The van der Waals surface area contributed by atoms with Crippen LogP contribution in [-0.2, 0) is 0 Å². The average Bonchev–Trinajstić information content (AvgIpc) is 1.88. The van der Waals surface area contributed by atoms with Gasteiger partial charge in [0, 0.05) is 0 Å². The van der Waals surface area contributed by atoms with Crippen molar-refractivity contribution in [3.8, 4) is 0 Å². The first-order chi connectivity index (χ1) is 4.70. The number of aromatic nitrogens is 3. The zero-order chi connectivity index (χ0) is 7.56. The van der Waals surface area contributed by atoms with Crippen LogP contribution in [0.4, 0.5) is 0 Å². The van der Waals surface area contributed by atoms with Crippen LogP contribution >= 0.6 is 23.2 Å². The summed E-state index contributed by atoms with van der Waals surface area (Å²) in [6, 6.07) is 0. The van der Waals surface area contributed by atoms with Gasteiger partial charge < -0.3 is 0 Å². The van der Waals surface area contributed by atoms with Crippen LogP contribution in [0.15, 0.2) is 6.33 Å². The predicted molar refractivity (Wildman–Crippen MR) is 35.0 cm³/mol. The Morgan fingerprint density at radius 2 is 2.20 bits per heavy atom. The summed E-state index contributed by atoms with van der Waals surface area (Å²) in [5, 5.41) is -0.789. The van der Waals surface area contributed by atoms with Crippen LogP contribution in [-0.4, -0.2) is 20.2 Å². The van der Waals surface area contributed by atoms with E-state index in [0.29, 0.717) is 0 Å². The van der Waals surface area contributed by atoms with Gasteiger partial charge in [0.25, 0.3) is 5.24 Å². The fourth-order valence-electron chi connectivity index (χ4n) is 0.371. The van der Waals surface area contributed by atoms with Gasteiger partial charge in [-0.05, 0) is 23.2 Å². The standard InChI is InChI=1S/C4HCl2N3O/c5-2(10)3-7-1-8-4(6)9-3/h1H. The molecule has 1 rings (SSSR count). The fraction of sp³-hybridized carbons (Fsp3) is 0. The van der Waals surface area contributed by atoms with Gasteiger partial charge in [0.05, 0.1) is 0 Å². The minimum absolute atomic E-state index is 0.0426. The van der Waals surface area contributed by atoms with Crippen LogP contribution in [0, 0.1) is 0 Å². The number of hydrogen-bond acceptors (Lipinski definition) is 4. The summed E-state index contributed by atoms with van der Waals surface area (Å²) >= 11 is 10.3. The van der Waals surface area contributed by atoms with Crippen LogP contribution in [0.3, 0.4) is 0 Å². The first kappa shape index (κ1) is 7.37. The van der Waals surface area contributed by atoms with Gasteiger partial charge in [0.2, 0.25) is 11.1 Å². The van der Waals surface area contributed by atoms with Crippen molar-refractivity contribution >= 4 is 28.4 Å². The Morgan fingerprint density at radius 1 is 1.50 bits per heavy atom. The molecule has 0 radical (unpaired) electrons. The number of nitrogens with zero attached hydrogens (tertiary/aromatic N) is 3. The molecule has 0 unspecified atom stereocenters. The average molecular weight is 178 g/mol. The van der Waals surface area contributed by atoms with E-state index in [1.54, 1.807) is 0 Å². The Hall–Kier alpha value is -0.740. The van der Waals surface area contributed by atoms with Crippen LogP contribution in [0.1, 0.15) is 10.6 Å². The van der Waals surface area contributed by atoms with Gasteiger partial charge in [0.1, 0.15) is 6.33 Å². The molecule has 0 saturated carbocycles. The second kappa shape index (κ2) is 2.90. The summed E-state index contributed by atoms with van der Waals surface area (Å²) in [4.78, 5) is 20.7. The molecular formula is C4HCl2N3O. The van der Waals surface area contributed by atoms with E-state index in [9.17, 15) is 4.79 Å². The van der Waals surface area contributed by atoms with Crippen LogP contribution < -0.4 is 0 Å². The third-order valence-corrected chi connectivity index (χ3v) is 1.07. The zero-order valence-corrected chi connectivity index (χ0v) is 6.10. The molecule has 6 heteroatoms. The predicted octanol–water partition coefficient (Wildman–Crippen LogP) is 0.904. The molecule has 0 fully saturated rings. The maximum absolute atomic E-state index is 10.4. The summed E-state index contributed by atoms with van der Waals surface area (Å²) in [6.45, 7) is 0. The molecule has 0 aliphatic rings. The van der Waals surface area contributed by atoms with Crippen molar-refractivity contribution < 1.29 is 4.79 Å². The van der Waals surface area contributed by atoms with E-state index in [4.69, 9.17) is 23.2 Å². The molecule has 0 spiro atoms. The number of hydrogen-bond donors (Lipinski definition) is 0. The van der Waals surface area contributed by atoms with Gasteiger partial charge in [-0.15, -0.1) is 0 Å². The van der Waals surface area contributed by atoms with Gasteiger partial charge in [-0.3, -0.25) is 4.79 Å². The second-order valence-electron chi connectivity index (χ2n) is 1.35. The molecule has 0 bridgehead atoms. The Labute approximate surface area is 66.2 Å². The smallest absolute Gasteiger partial charge is 0.272 e. The Kier molecular flexibility index (Phi) is 2.13. The van der Waals surface area contributed by atoms with E-state index in [0.717, 1.165) is 6.33 Å². The monoisotopic (exact) mass is 177 g/mol. The van der Waals surface area contributed by atoms with Gasteiger partial charge in [-0.1, -0.05) is 0 Å². The Balaban J connectivity index is 3.07. The van der Waals surface area contributed by atoms with E-state index >= 15 is 0 Å². The van der Waals surface area contributed by atoms with Crippen molar-refractivity contribution in [1.29, 1.82) is 0 Å². The lowest BCUT2D eigenvalue weighted by molar-refractivity contribution is 0.107. The molecular weight excluding hydrogens is 177 g/mol. The fourth-order valence-corrected chi connectivity index (χ4v) is 0.586. The summed E-state index contributed by atoms with van der Waals surface area (Å²) in [7, 11) is 0. The van der Waals surface area contributed by atoms with E-state index in [-0.39, 0.29) is 11.1 Å². The van der Waals surface area contributed by atoms with Crippen LogP contribution in [0.5, 0.6) is 0 Å². The molecule has 10 heavy (non-hydrogen) atoms. The highest BCUT2D eigenvalue weighted by atomic mass is 35.5. The lowest BCUT2D eigenvalue weighted by Crippen LogP contribution is -1.99. The first-order valence-corrected chi connectivity index (χ1v) is 3.00. The van der Waals surface area contributed by atoms with Crippen molar-refractivity contribution in [3.05, 3.63) is 17.4 Å². The minimum atomic E-state index is -0.746. The number of carbonyl (C=O) groups excluding carboxylic acids is 1. The summed E-state index contributed by atoms with van der Waals surface area (Å²) in [5.41, 5.74) is 0. The molecule has 0 N–H and O–H groups in total. The zero-order valence-electron chi connectivity index (χ0n) is 4.58. The Morgan fingerprint density at radius 3 is 2.60 bits per heavy atom. The normalized spacial score (nSPS) is 9.40. The molecule has 0 atom stereocenters. The lowest BCUT2D eigenvalue weighted by atomic mass is 10.7. The van der Waals surface area contributed by atoms with E-state index in [2.05, 4.69) is 15.0 Å². The molecule has 0 aromatic carbocycles. The quantitative estimate of drug-likeness (QED) is 0.599. The molecule has 0 saturated heterocycles. The van der Waals surface area contributed by atoms with E-state index in [1.807, 2.05) is 0 Å². The minimum Gasteiger partial charge on any atom is -0.272 e. The highest BCUT2D eigenvalue weighted by Crippen LogP contribution is 1.99. The molecule has 0 aliphatic heterocycles. The molecule has 4 nitrogen and oxygen atoms in total. The van der Waals surface area contributed by atoms with Crippen LogP contribution in [0.2, 0.25) is 5.28 Å². The molecule has 1 heterocycles. The van der Waals surface area contributed by atoms with E-state index in [1.165, 1.54) is 0 Å². The van der Waals surface area contributed by atoms with Crippen molar-refractivity contribution in [2.24, 2.45) is 0 Å². The lowest BCUT2D eigenvalue weighted by Gasteiger charge is -1.88. The first-order valence-electron chi connectivity index (χ1n) is 2.24. The molecule has 0 aliphatic carbocycles. The van der Waals surface area contributed by atoms with Crippen molar-refractivity contribution in [2.75, 3.05) is 0 Å².